The van der Waals surface area contributed by atoms with Gasteiger partial charge in [0, 0.05) is 26.6 Å². The molecule has 104 valence electrons. The van der Waals surface area contributed by atoms with Crippen LogP contribution >= 0.6 is 0 Å². The molecule has 0 aromatic rings. The first-order valence-corrected chi connectivity index (χ1v) is 6.71. The van der Waals surface area contributed by atoms with Gasteiger partial charge in [-0.05, 0) is 32.4 Å². The highest BCUT2D eigenvalue weighted by molar-refractivity contribution is 5.73. The number of rotatable bonds is 5. The fourth-order valence-electron chi connectivity index (χ4n) is 2.25. The molecule has 0 saturated carbocycles. The fraction of sp³-hybridized carbons (Fsp3) is 0.846. The Bertz CT molecular complexity index is 294. The Morgan fingerprint density at radius 3 is 2.56 bits per heavy atom. The van der Waals surface area contributed by atoms with E-state index in [1.165, 1.54) is 0 Å². The van der Waals surface area contributed by atoms with Crippen molar-refractivity contribution in [3.05, 3.63) is 0 Å². The maximum atomic E-state index is 11.3. The van der Waals surface area contributed by atoms with Crippen LogP contribution < -0.4 is 0 Å². The van der Waals surface area contributed by atoms with Gasteiger partial charge in [-0.15, -0.1) is 0 Å². The van der Waals surface area contributed by atoms with Gasteiger partial charge in [0.05, 0.1) is 5.92 Å². The Labute approximate surface area is 109 Å². The summed E-state index contributed by atoms with van der Waals surface area (Å²) in [5.74, 6) is -0.823. The summed E-state index contributed by atoms with van der Waals surface area (Å²) in [6.07, 6.45) is 2.64. The molecule has 1 aliphatic rings. The lowest BCUT2D eigenvalue weighted by Crippen LogP contribution is -2.34. The maximum Gasteiger partial charge on any atom is 0.306 e. The molecule has 0 aliphatic carbocycles. The van der Waals surface area contributed by atoms with E-state index in [1.807, 2.05) is 4.90 Å². The fourth-order valence-corrected chi connectivity index (χ4v) is 2.25. The first-order chi connectivity index (χ1) is 8.50. The van der Waals surface area contributed by atoms with Gasteiger partial charge in [0.2, 0.25) is 5.91 Å². The summed E-state index contributed by atoms with van der Waals surface area (Å²) in [5, 5.41) is 8.80. The van der Waals surface area contributed by atoms with Gasteiger partial charge in [0.15, 0.2) is 0 Å². The minimum Gasteiger partial charge on any atom is -0.481 e. The first kappa shape index (κ1) is 15.0. The van der Waals surface area contributed by atoms with Crippen molar-refractivity contribution in [1.82, 2.24) is 9.80 Å². The molecule has 1 atom stereocenters. The second kappa shape index (κ2) is 7.36. The third kappa shape index (κ3) is 5.04. The Balaban J connectivity index is 2.23. The molecule has 18 heavy (non-hydrogen) atoms. The molecular weight excluding hydrogens is 232 g/mol. The van der Waals surface area contributed by atoms with Crippen LogP contribution in [0.5, 0.6) is 0 Å². The van der Waals surface area contributed by atoms with Gasteiger partial charge < -0.3 is 14.9 Å². The molecule has 5 nitrogen and oxygen atoms in total. The van der Waals surface area contributed by atoms with Crippen LogP contribution in [0.3, 0.4) is 0 Å². The highest BCUT2D eigenvalue weighted by atomic mass is 16.4. The predicted octanol–water partition coefficient (Wildman–Crippen LogP) is 1.04. The standard InChI is InChI=1S/C13H24N2O3/c1-11(13(17)18)5-3-6-14-7-4-8-15(10-9-14)12(2)16/h11H,3-10H2,1-2H3,(H,17,18). The topological polar surface area (TPSA) is 60.9 Å². The van der Waals surface area contributed by atoms with Crippen LogP contribution in [0.25, 0.3) is 0 Å². The molecule has 1 N–H and O–H groups in total. The molecule has 0 spiro atoms. The summed E-state index contributed by atoms with van der Waals surface area (Å²) < 4.78 is 0. The van der Waals surface area contributed by atoms with E-state index in [4.69, 9.17) is 5.11 Å². The SMILES string of the molecule is CC(=O)N1CCCN(CCCC(C)C(=O)O)CC1. The van der Waals surface area contributed by atoms with E-state index < -0.39 is 5.97 Å². The number of aliphatic carboxylic acids is 1. The number of amides is 1. The summed E-state index contributed by atoms with van der Waals surface area (Å²) in [5.41, 5.74) is 0. The lowest BCUT2D eigenvalue weighted by molar-refractivity contribution is -0.141. The second-order valence-corrected chi connectivity index (χ2v) is 5.08. The Morgan fingerprint density at radius 2 is 1.94 bits per heavy atom. The molecule has 0 radical (unpaired) electrons. The van der Waals surface area contributed by atoms with Crippen molar-refractivity contribution in [2.24, 2.45) is 5.92 Å². The van der Waals surface area contributed by atoms with E-state index in [0.29, 0.717) is 0 Å². The molecule has 1 unspecified atom stereocenters. The van der Waals surface area contributed by atoms with Crippen molar-refractivity contribution in [2.75, 3.05) is 32.7 Å². The van der Waals surface area contributed by atoms with Gasteiger partial charge in [-0.3, -0.25) is 9.59 Å². The van der Waals surface area contributed by atoms with Crippen molar-refractivity contribution in [2.45, 2.75) is 33.1 Å². The molecule has 1 heterocycles. The highest BCUT2D eigenvalue weighted by Gasteiger charge is 2.17. The summed E-state index contributed by atoms with van der Waals surface area (Å²) >= 11 is 0. The molecule has 1 amide bonds. The van der Waals surface area contributed by atoms with Crippen molar-refractivity contribution < 1.29 is 14.7 Å². The molecule has 0 aromatic carbocycles. The Morgan fingerprint density at radius 1 is 1.22 bits per heavy atom. The zero-order valence-corrected chi connectivity index (χ0v) is 11.4. The van der Waals surface area contributed by atoms with Gasteiger partial charge in [-0.2, -0.15) is 0 Å². The predicted molar refractivity (Wildman–Crippen MR) is 69.3 cm³/mol. The van der Waals surface area contributed by atoms with E-state index in [0.717, 1.165) is 52.0 Å². The van der Waals surface area contributed by atoms with E-state index in [-0.39, 0.29) is 11.8 Å². The lowest BCUT2D eigenvalue weighted by atomic mass is 10.1. The summed E-state index contributed by atoms with van der Waals surface area (Å²) in [6, 6.07) is 0. The number of carbonyl (C=O) groups excluding carboxylic acids is 1. The van der Waals surface area contributed by atoms with E-state index >= 15 is 0 Å². The molecule has 0 aromatic heterocycles. The number of carboxylic acid groups (broad SMARTS) is 1. The average molecular weight is 256 g/mol. The number of carbonyl (C=O) groups is 2. The summed E-state index contributed by atoms with van der Waals surface area (Å²) in [6.45, 7) is 7.85. The van der Waals surface area contributed by atoms with Crippen LogP contribution in [-0.2, 0) is 9.59 Å². The molecule has 1 fully saturated rings. The molecule has 0 bridgehead atoms. The van der Waals surface area contributed by atoms with Crippen molar-refractivity contribution in [1.29, 1.82) is 0 Å². The zero-order valence-electron chi connectivity index (χ0n) is 11.4. The van der Waals surface area contributed by atoms with Gasteiger partial charge in [0.1, 0.15) is 0 Å². The number of nitrogens with zero attached hydrogens (tertiary/aromatic N) is 2. The Kier molecular flexibility index (Phi) is 6.12. The van der Waals surface area contributed by atoms with E-state index in [2.05, 4.69) is 4.90 Å². The minimum atomic E-state index is -0.714. The normalized spacial score (nSPS) is 19.3. The summed E-state index contributed by atoms with van der Waals surface area (Å²) in [7, 11) is 0. The summed E-state index contributed by atoms with van der Waals surface area (Å²) in [4.78, 5) is 26.2. The Hall–Kier alpha value is -1.10. The van der Waals surface area contributed by atoms with Crippen LogP contribution in [-0.4, -0.2) is 59.5 Å². The van der Waals surface area contributed by atoms with Crippen molar-refractivity contribution >= 4 is 11.9 Å². The molecule has 5 heteroatoms. The largest absolute Gasteiger partial charge is 0.481 e. The molecule has 1 rings (SSSR count). The van der Waals surface area contributed by atoms with Crippen LogP contribution in [0, 0.1) is 5.92 Å². The van der Waals surface area contributed by atoms with Gasteiger partial charge in [-0.1, -0.05) is 6.92 Å². The zero-order chi connectivity index (χ0) is 13.5. The quantitative estimate of drug-likeness (QED) is 0.798. The van der Waals surface area contributed by atoms with Crippen molar-refractivity contribution in [3.63, 3.8) is 0 Å². The molecule has 1 aliphatic heterocycles. The van der Waals surface area contributed by atoms with Gasteiger partial charge in [-0.25, -0.2) is 0 Å². The monoisotopic (exact) mass is 256 g/mol. The number of hydrogen-bond donors (Lipinski definition) is 1. The molecule has 1 saturated heterocycles. The van der Waals surface area contributed by atoms with Crippen LogP contribution in [0.15, 0.2) is 0 Å². The van der Waals surface area contributed by atoms with Crippen LogP contribution in [0.4, 0.5) is 0 Å². The maximum absolute atomic E-state index is 11.3. The average Bonchev–Trinajstić information content (AvgIpc) is 2.54. The van der Waals surface area contributed by atoms with E-state index in [9.17, 15) is 9.59 Å². The lowest BCUT2D eigenvalue weighted by Gasteiger charge is -2.21. The molecular formula is C13H24N2O3. The number of carboxylic acids is 1. The van der Waals surface area contributed by atoms with Crippen molar-refractivity contribution in [3.8, 4) is 0 Å². The third-order valence-electron chi connectivity index (χ3n) is 3.57. The third-order valence-corrected chi connectivity index (χ3v) is 3.57. The minimum absolute atomic E-state index is 0.149. The first-order valence-electron chi connectivity index (χ1n) is 6.71. The highest BCUT2D eigenvalue weighted by Crippen LogP contribution is 2.09. The smallest absolute Gasteiger partial charge is 0.306 e. The number of hydrogen-bond acceptors (Lipinski definition) is 3. The van der Waals surface area contributed by atoms with Gasteiger partial charge >= 0.3 is 5.97 Å². The van der Waals surface area contributed by atoms with Gasteiger partial charge in [0.25, 0.3) is 0 Å². The van der Waals surface area contributed by atoms with Crippen LogP contribution in [0.2, 0.25) is 0 Å². The van der Waals surface area contributed by atoms with Crippen LogP contribution in [0.1, 0.15) is 33.1 Å². The van der Waals surface area contributed by atoms with E-state index in [1.54, 1.807) is 13.8 Å². The second-order valence-electron chi connectivity index (χ2n) is 5.08.